The van der Waals surface area contributed by atoms with Crippen LogP contribution in [-0.4, -0.2) is 29.9 Å². The predicted octanol–water partition coefficient (Wildman–Crippen LogP) is 3.05. The molecule has 1 amide bonds. The van der Waals surface area contributed by atoms with Crippen LogP contribution in [0.4, 0.5) is 0 Å². The summed E-state index contributed by atoms with van der Waals surface area (Å²) in [4.78, 5) is 15.0. The van der Waals surface area contributed by atoms with Gasteiger partial charge in [-0.2, -0.15) is 0 Å². The van der Waals surface area contributed by atoms with Crippen LogP contribution in [0.2, 0.25) is 0 Å². The van der Waals surface area contributed by atoms with E-state index < -0.39 is 0 Å². The van der Waals surface area contributed by atoms with Gasteiger partial charge in [0.25, 0.3) is 0 Å². The molecule has 19 heavy (non-hydrogen) atoms. The highest BCUT2D eigenvalue weighted by Crippen LogP contribution is 2.26. The number of rotatable bonds is 6. The van der Waals surface area contributed by atoms with Gasteiger partial charge in [0.15, 0.2) is 0 Å². The molecular formula is C15H24N2OS. The average Bonchev–Trinajstić information content (AvgIpc) is 2.98. The predicted molar refractivity (Wildman–Crippen MR) is 80.3 cm³/mol. The van der Waals surface area contributed by atoms with Crippen molar-refractivity contribution in [2.24, 2.45) is 5.92 Å². The van der Waals surface area contributed by atoms with Gasteiger partial charge in [-0.3, -0.25) is 4.79 Å². The van der Waals surface area contributed by atoms with Gasteiger partial charge >= 0.3 is 0 Å². The van der Waals surface area contributed by atoms with Crippen molar-refractivity contribution in [1.82, 2.24) is 10.2 Å². The minimum Gasteiger partial charge on any atom is -0.341 e. The first-order chi connectivity index (χ1) is 9.08. The normalized spacial score (nSPS) is 19.2. The second kappa shape index (κ2) is 6.53. The highest BCUT2D eigenvalue weighted by atomic mass is 32.1. The van der Waals surface area contributed by atoms with Crippen LogP contribution in [0.5, 0.6) is 0 Å². The van der Waals surface area contributed by atoms with Crippen LogP contribution in [0, 0.1) is 5.92 Å². The smallest absolute Gasteiger partial charge is 0.222 e. The summed E-state index contributed by atoms with van der Waals surface area (Å²) in [5.41, 5.74) is 0. The number of nitrogens with zero attached hydrogens (tertiary/aromatic N) is 1. The Morgan fingerprint density at radius 1 is 1.42 bits per heavy atom. The highest BCUT2D eigenvalue weighted by molar-refractivity contribution is 7.10. The van der Waals surface area contributed by atoms with Gasteiger partial charge in [0.1, 0.15) is 0 Å². The van der Waals surface area contributed by atoms with Crippen LogP contribution >= 0.6 is 11.3 Å². The zero-order valence-corrected chi connectivity index (χ0v) is 12.9. The molecule has 1 aliphatic rings. The SMILES string of the molecule is CC(CN1CCCC1=O)NC(c1cccs1)C(C)C. The molecule has 0 spiro atoms. The zero-order chi connectivity index (χ0) is 13.8. The molecule has 2 rings (SSSR count). The molecule has 1 fully saturated rings. The van der Waals surface area contributed by atoms with Crippen molar-refractivity contribution >= 4 is 17.2 Å². The first-order valence-electron chi connectivity index (χ1n) is 7.15. The van der Waals surface area contributed by atoms with Crippen molar-refractivity contribution in [3.63, 3.8) is 0 Å². The van der Waals surface area contributed by atoms with Crippen LogP contribution in [-0.2, 0) is 4.79 Å². The van der Waals surface area contributed by atoms with E-state index in [1.54, 1.807) is 11.3 Å². The molecule has 1 aromatic heterocycles. The Kier molecular flexibility index (Phi) is 4.99. The number of hydrogen-bond donors (Lipinski definition) is 1. The molecule has 0 aliphatic carbocycles. The number of carbonyl (C=O) groups excluding carboxylic acids is 1. The maximum Gasteiger partial charge on any atom is 0.222 e. The molecule has 1 N–H and O–H groups in total. The Balaban J connectivity index is 1.92. The van der Waals surface area contributed by atoms with E-state index in [4.69, 9.17) is 0 Å². The molecule has 0 aromatic carbocycles. The number of thiophene rings is 1. The summed E-state index contributed by atoms with van der Waals surface area (Å²) in [5.74, 6) is 0.862. The van der Waals surface area contributed by atoms with E-state index in [0.717, 1.165) is 25.9 Å². The summed E-state index contributed by atoms with van der Waals surface area (Å²) >= 11 is 1.80. The molecule has 1 saturated heterocycles. The standard InChI is InChI=1S/C15H24N2OS/c1-11(2)15(13-6-5-9-19-13)16-12(3)10-17-8-4-7-14(17)18/h5-6,9,11-12,15-16H,4,7-8,10H2,1-3H3. The quantitative estimate of drug-likeness (QED) is 0.868. The minimum atomic E-state index is 0.311. The van der Waals surface area contributed by atoms with Crippen molar-refractivity contribution in [1.29, 1.82) is 0 Å². The Bertz CT molecular complexity index is 402. The van der Waals surface area contributed by atoms with Crippen molar-refractivity contribution < 1.29 is 4.79 Å². The van der Waals surface area contributed by atoms with E-state index in [-0.39, 0.29) is 0 Å². The van der Waals surface area contributed by atoms with Gasteiger partial charge in [0.2, 0.25) is 5.91 Å². The van der Waals surface area contributed by atoms with Crippen LogP contribution < -0.4 is 5.32 Å². The first kappa shape index (κ1) is 14.5. The number of hydrogen-bond acceptors (Lipinski definition) is 3. The minimum absolute atomic E-state index is 0.311. The van der Waals surface area contributed by atoms with Gasteiger partial charge < -0.3 is 10.2 Å². The number of nitrogens with one attached hydrogen (secondary N) is 1. The lowest BCUT2D eigenvalue weighted by Crippen LogP contribution is -2.42. The molecule has 4 heteroatoms. The molecule has 2 atom stereocenters. The van der Waals surface area contributed by atoms with Gasteiger partial charge in [0.05, 0.1) is 0 Å². The maximum atomic E-state index is 11.7. The van der Waals surface area contributed by atoms with E-state index in [0.29, 0.717) is 23.9 Å². The van der Waals surface area contributed by atoms with E-state index in [1.807, 2.05) is 4.90 Å². The fourth-order valence-corrected chi connectivity index (χ4v) is 3.62. The summed E-state index contributed by atoms with van der Waals surface area (Å²) < 4.78 is 0. The lowest BCUT2D eigenvalue weighted by atomic mass is 10.0. The van der Waals surface area contributed by atoms with Gasteiger partial charge in [-0.25, -0.2) is 0 Å². The van der Waals surface area contributed by atoms with E-state index >= 15 is 0 Å². The summed E-state index contributed by atoms with van der Waals surface area (Å²) in [6.45, 7) is 8.41. The number of likely N-dealkylation sites (tertiary alicyclic amines) is 1. The van der Waals surface area contributed by atoms with E-state index in [2.05, 4.69) is 43.6 Å². The van der Waals surface area contributed by atoms with Gasteiger partial charge in [-0.1, -0.05) is 19.9 Å². The lowest BCUT2D eigenvalue weighted by molar-refractivity contribution is -0.128. The number of carbonyl (C=O) groups is 1. The summed E-state index contributed by atoms with van der Waals surface area (Å²) in [6, 6.07) is 5.01. The van der Waals surface area contributed by atoms with Gasteiger partial charge in [0, 0.05) is 36.5 Å². The van der Waals surface area contributed by atoms with Crippen molar-refractivity contribution in [3.8, 4) is 0 Å². The van der Waals surface area contributed by atoms with Crippen LogP contribution in [0.1, 0.15) is 44.5 Å². The fraction of sp³-hybridized carbons (Fsp3) is 0.667. The largest absolute Gasteiger partial charge is 0.341 e. The molecule has 2 unspecified atom stereocenters. The van der Waals surface area contributed by atoms with Crippen LogP contribution in [0.15, 0.2) is 17.5 Å². The van der Waals surface area contributed by atoms with E-state index in [1.165, 1.54) is 4.88 Å². The summed E-state index contributed by atoms with van der Waals surface area (Å²) in [6.07, 6.45) is 1.75. The average molecular weight is 280 g/mol. The zero-order valence-electron chi connectivity index (χ0n) is 12.1. The van der Waals surface area contributed by atoms with Crippen molar-refractivity contribution in [2.75, 3.05) is 13.1 Å². The Morgan fingerprint density at radius 3 is 2.74 bits per heavy atom. The van der Waals surface area contributed by atoms with Gasteiger partial charge in [-0.15, -0.1) is 11.3 Å². The highest BCUT2D eigenvalue weighted by Gasteiger charge is 2.24. The molecule has 1 aliphatic heterocycles. The Hall–Kier alpha value is -0.870. The Labute approximate surface area is 120 Å². The molecular weight excluding hydrogens is 256 g/mol. The monoisotopic (exact) mass is 280 g/mol. The number of amides is 1. The van der Waals surface area contributed by atoms with Crippen LogP contribution in [0.25, 0.3) is 0 Å². The lowest BCUT2D eigenvalue weighted by Gasteiger charge is -2.28. The fourth-order valence-electron chi connectivity index (χ4n) is 2.66. The first-order valence-corrected chi connectivity index (χ1v) is 8.03. The third-order valence-corrected chi connectivity index (χ3v) is 4.60. The Morgan fingerprint density at radius 2 is 2.21 bits per heavy atom. The summed E-state index contributed by atoms with van der Waals surface area (Å²) in [7, 11) is 0. The second-order valence-corrected chi connectivity index (χ2v) is 6.73. The van der Waals surface area contributed by atoms with Crippen molar-refractivity contribution in [3.05, 3.63) is 22.4 Å². The molecule has 2 heterocycles. The second-order valence-electron chi connectivity index (χ2n) is 5.75. The molecule has 3 nitrogen and oxygen atoms in total. The molecule has 1 aromatic rings. The third-order valence-electron chi connectivity index (χ3n) is 3.65. The third kappa shape index (κ3) is 3.80. The summed E-state index contributed by atoms with van der Waals surface area (Å²) in [5, 5.41) is 5.81. The molecule has 0 bridgehead atoms. The topological polar surface area (TPSA) is 32.3 Å². The molecule has 0 saturated carbocycles. The molecule has 0 radical (unpaired) electrons. The molecule has 106 valence electrons. The van der Waals surface area contributed by atoms with Crippen LogP contribution in [0.3, 0.4) is 0 Å². The van der Waals surface area contributed by atoms with E-state index in [9.17, 15) is 4.79 Å². The maximum absolute atomic E-state index is 11.7. The van der Waals surface area contributed by atoms with Crippen molar-refractivity contribution in [2.45, 2.75) is 45.7 Å². The van der Waals surface area contributed by atoms with Gasteiger partial charge in [-0.05, 0) is 30.7 Å².